The molecule has 0 aliphatic carbocycles. The van der Waals surface area contributed by atoms with Gasteiger partial charge in [0.15, 0.2) is 0 Å². The molecule has 1 atom stereocenters. The number of alkyl halides is 1. The molecule has 198 valence electrons. The van der Waals surface area contributed by atoms with Crippen molar-refractivity contribution in [3.63, 3.8) is 0 Å². The number of rotatable bonds is 9. The molecule has 0 saturated carbocycles. The molecule has 0 aliphatic heterocycles. The zero-order chi connectivity index (χ0) is 27.9. The number of ether oxygens (including phenoxy) is 2. The number of benzene rings is 2. The minimum atomic E-state index is -0.697. The van der Waals surface area contributed by atoms with Crippen LogP contribution in [0.5, 0.6) is 11.5 Å². The number of anilines is 1. The molecule has 0 radical (unpaired) electrons. The zero-order valence-electron chi connectivity index (χ0n) is 23.6. The summed E-state index contributed by atoms with van der Waals surface area (Å²) in [5.41, 5.74) is 7.18. The molecule has 0 aromatic heterocycles. The second-order valence-electron chi connectivity index (χ2n) is 9.26. The van der Waals surface area contributed by atoms with Crippen LogP contribution in [0.15, 0.2) is 53.5 Å². The van der Waals surface area contributed by atoms with Crippen LogP contribution in [-0.4, -0.2) is 72.3 Å². The predicted octanol–water partition coefficient (Wildman–Crippen LogP) is 6.82. The molecule has 6 nitrogen and oxygen atoms in total. The van der Waals surface area contributed by atoms with Gasteiger partial charge in [-0.15, -0.1) is 0 Å². The van der Waals surface area contributed by atoms with Crippen molar-refractivity contribution in [2.24, 2.45) is 4.99 Å². The average molecular weight is 620 g/mol. The molecule has 0 aliphatic rings. The summed E-state index contributed by atoms with van der Waals surface area (Å²) in [4.78, 5) is 7.47. The van der Waals surface area contributed by atoms with Crippen molar-refractivity contribution in [2.75, 3.05) is 52.0 Å². The van der Waals surface area contributed by atoms with E-state index in [1.165, 1.54) is 0 Å². The summed E-state index contributed by atoms with van der Waals surface area (Å²) in [6, 6.07) is 15.0. The van der Waals surface area contributed by atoms with Gasteiger partial charge in [0, 0.05) is 19.5 Å². The lowest BCUT2D eigenvalue weighted by molar-refractivity contribution is 0.114. The van der Waals surface area contributed by atoms with Crippen LogP contribution in [0.4, 0.5) is 11.4 Å². The molecule has 2 aromatic rings. The summed E-state index contributed by atoms with van der Waals surface area (Å²) < 4.78 is 23.9. The quantitative estimate of drug-likeness (QED) is 0.109. The summed E-state index contributed by atoms with van der Waals surface area (Å²) in [5.74, 6) is 1.70. The second kappa shape index (κ2) is 17.7. The summed E-state index contributed by atoms with van der Waals surface area (Å²) in [7, 11) is 8.18. The summed E-state index contributed by atoms with van der Waals surface area (Å²) in [6.45, 7) is 9.85. The number of hydrogen-bond donors (Lipinski definition) is 1. The average Bonchev–Trinajstić information content (AvgIpc) is 2.78. The van der Waals surface area contributed by atoms with E-state index in [-0.39, 0.29) is 18.5 Å². The third-order valence-electron chi connectivity index (χ3n) is 5.50. The Labute approximate surface area is 235 Å². The third kappa shape index (κ3) is 14.4. The summed E-state index contributed by atoms with van der Waals surface area (Å²) in [5, 5.41) is 2.34. The molecule has 2 aromatic carbocycles. The first-order chi connectivity index (χ1) is 16.6. The van der Waals surface area contributed by atoms with Crippen LogP contribution >= 0.6 is 34.8 Å². The summed E-state index contributed by atoms with van der Waals surface area (Å²) in [6.07, 6.45) is 0. The van der Waals surface area contributed by atoms with Crippen LogP contribution in [0.1, 0.15) is 37.9 Å². The van der Waals surface area contributed by atoms with Crippen molar-refractivity contribution >= 4 is 51.3 Å². The standard InChI is InChI=1S/C13H18N2OS.C12H20N2O.CH3I.CH4/c1-13(2,15(3)4)9-16-12-7-5-11(6-8-12)14-10-17;1-12(2,14(3)4)9-15-11-7-5-10(13)6-8-11;1-2;/h5-8H,9H2,1-4H3;5-8H,9,13H2,1-4H3;1H3;1H4/i;;1TD;. The highest BCUT2D eigenvalue weighted by atomic mass is 127. The Balaban J connectivity index is 0. The Morgan fingerprint density at radius 2 is 1.29 bits per heavy atom. The van der Waals surface area contributed by atoms with Gasteiger partial charge in [0.1, 0.15) is 24.7 Å². The Bertz CT molecular complexity index is 916. The van der Waals surface area contributed by atoms with E-state index < -0.39 is 4.88 Å². The topological polar surface area (TPSA) is 63.3 Å². The molecule has 35 heavy (non-hydrogen) atoms. The fourth-order valence-corrected chi connectivity index (χ4v) is 2.12. The van der Waals surface area contributed by atoms with E-state index in [1.807, 2.05) is 76.7 Å². The number of thiocarbonyl (C=S) groups is 1. The van der Waals surface area contributed by atoms with Gasteiger partial charge in [-0.25, -0.2) is 0 Å². The van der Waals surface area contributed by atoms with Gasteiger partial charge >= 0.3 is 0 Å². The SMILES string of the molecule is C.CN(C)C(C)(C)COc1ccc(N)cc1.CN(C)C(C)(C)COc1ccc(N=C=S)cc1.[2H]C([3H])I. The Hall–Kier alpha value is -1.71. The van der Waals surface area contributed by atoms with Gasteiger partial charge < -0.3 is 25.0 Å². The first kappa shape index (κ1) is 31.3. The minimum absolute atomic E-state index is 0. The fourth-order valence-electron chi connectivity index (χ4n) is 2.01. The zero-order valence-corrected chi connectivity index (χ0v) is 24.6. The highest BCUT2D eigenvalue weighted by Crippen LogP contribution is 2.20. The first-order valence-electron chi connectivity index (χ1n) is 11.9. The molecule has 2 rings (SSSR count). The van der Waals surface area contributed by atoms with Crippen molar-refractivity contribution in [3.05, 3.63) is 48.5 Å². The van der Waals surface area contributed by atoms with Crippen LogP contribution in [-0.2, 0) is 0 Å². The molecule has 2 N–H and O–H groups in total. The van der Waals surface area contributed by atoms with Gasteiger partial charge in [0.25, 0.3) is 0 Å². The van der Waals surface area contributed by atoms with Crippen LogP contribution in [0, 0.1) is 0 Å². The number of isothiocyanates is 1. The number of likely N-dealkylation sites (N-methyl/N-ethyl adjacent to an activating group) is 2. The van der Waals surface area contributed by atoms with E-state index in [0.29, 0.717) is 13.2 Å². The fraction of sp³-hybridized carbons (Fsp3) is 0.519. The number of nitrogen functional groups attached to an aromatic ring is 1. The summed E-state index contributed by atoms with van der Waals surface area (Å²) >= 11 is 6.22. The molecule has 0 spiro atoms. The Kier molecular flexibility index (Phi) is 15.8. The van der Waals surface area contributed by atoms with Crippen molar-refractivity contribution in [3.8, 4) is 11.5 Å². The maximum atomic E-state index is 6.24. The van der Waals surface area contributed by atoms with Crippen LogP contribution in [0.3, 0.4) is 0 Å². The maximum absolute atomic E-state index is 6.24. The van der Waals surface area contributed by atoms with Gasteiger partial charge in [0.2, 0.25) is 0 Å². The highest BCUT2D eigenvalue weighted by Gasteiger charge is 2.21. The van der Waals surface area contributed by atoms with E-state index >= 15 is 0 Å². The maximum Gasteiger partial charge on any atom is 0.119 e. The van der Waals surface area contributed by atoms with Crippen LogP contribution < -0.4 is 15.2 Å². The second-order valence-corrected chi connectivity index (χ2v) is 9.44. The minimum Gasteiger partial charge on any atom is -0.492 e. The first-order valence-corrected chi connectivity index (χ1v) is 12.4. The van der Waals surface area contributed by atoms with Crippen molar-refractivity contribution in [2.45, 2.75) is 46.2 Å². The molecule has 0 saturated heterocycles. The third-order valence-corrected chi connectivity index (χ3v) is 5.59. The number of nitrogens with zero attached hydrogens (tertiary/aromatic N) is 3. The Morgan fingerprint density at radius 3 is 1.60 bits per heavy atom. The van der Waals surface area contributed by atoms with E-state index in [4.69, 9.17) is 17.9 Å². The highest BCUT2D eigenvalue weighted by molar-refractivity contribution is 14.1. The smallest absolute Gasteiger partial charge is 0.119 e. The predicted molar refractivity (Wildman–Crippen MR) is 165 cm³/mol. The van der Waals surface area contributed by atoms with Crippen molar-refractivity contribution in [1.82, 2.24) is 9.80 Å². The lowest BCUT2D eigenvalue weighted by atomic mass is 10.1. The molecule has 0 bridgehead atoms. The van der Waals surface area contributed by atoms with Crippen LogP contribution in [0.2, 0.25) is 0 Å². The Morgan fingerprint density at radius 1 is 0.943 bits per heavy atom. The number of nitrogens with two attached hydrogens (primary N) is 1. The van der Waals surface area contributed by atoms with E-state index in [0.717, 1.165) is 22.9 Å². The van der Waals surface area contributed by atoms with E-state index in [1.54, 1.807) is 22.6 Å². The molecular weight excluding hydrogens is 571 g/mol. The van der Waals surface area contributed by atoms with Gasteiger partial charge in [-0.05, 0) is 122 Å². The largest absolute Gasteiger partial charge is 0.492 e. The molecule has 0 fully saturated rings. The van der Waals surface area contributed by atoms with Crippen LogP contribution in [0.25, 0.3) is 0 Å². The van der Waals surface area contributed by atoms with Gasteiger partial charge in [-0.2, -0.15) is 4.99 Å². The number of halogens is 1. The van der Waals surface area contributed by atoms with E-state index in [2.05, 4.69) is 59.9 Å². The van der Waals surface area contributed by atoms with Gasteiger partial charge in [-0.3, -0.25) is 0 Å². The lowest BCUT2D eigenvalue weighted by Gasteiger charge is -2.32. The van der Waals surface area contributed by atoms with Crippen molar-refractivity contribution < 1.29 is 12.2 Å². The molecule has 1 unspecified atom stereocenters. The number of aliphatic imine (C=N–C) groups is 1. The molecule has 8 heteroatoms. The molecule has 0 heterocycles. The van der Waals surface area contributed by atoms with Gasteiger partial charge in [0.05, 0.1) is 10.8 Å². The van der Waals surface area contributed by atoms with E-state index in [9.17, 15) is 0 Å². The molecular formula is C27H45IN4O2S. The number of hydrogen-bond acceptors (Lipinski definition) is 7. The van der Waals surface area contributed by atoms with Gasteiger partial charge in [-0.1, -0.05) is 30.0 Å². The normalized spacial score (nSPS) is 12.3. The monoisotopic (exact) mass is 619 g/mol. The lowest BCUT2D eigenvalue weighted by Crippen LogP contribution is -2.43. The molecule has 0 amide bonds. The van der Waals surface area contributed by atoms with Crippen molar-refractivity contribution in [1.29, 1.82) is 0 Å².